The quantitative estimate of drug-likeness (QED) is 0.0443. The molecule has 0 spiro atoms. The van der Waals surface area contributed by atoms with Gasteiger partial charge < -0.3 is 134 Å². The van der Waals surface area contributed by atoms with Gasteiger partial charge in [0.05, 0.1) is 49.7 Å². The SMILES string of the molecule is C[C@@H]1O[C@@H](O[C@H]2[C@H](OC(=O)C34CCC5(C)C(=CCC6C7(C)CC(O)C(O[C@@H]8O[C@H](C(=O)O)[C@@H](O)[C@H](O)[C@H]8O)C(C)(C(=O)O)C7CCC65C)C3CC(C)(C)CC4O)O[C@H](C)[C@@H](O)[C@@H]2O)[C@H](O)C(O[C@@H]2OC[C@](O)(CO)[C@H]2O[C@@H]2O[C@H](CO)[C@@H](O)[C@H](O)[C@H]2O)[C@H]1O. The van der Waals surface area contributed by atoms with Crippen molar-refractivity contribution in [3.63, 3.8) is 0 Å². The fourth-order valence-electron chi connectivity index (χ4n) is 17.9. The molecule has 5 saturated heterocycles. The van der Waals surface area contributed by atoms with Crippen LogP contribution in [-0.2, 0) is 61.8 Å². The van der Waals surface area contributed by atoms with Gasteiger partial charge in [-0.3, -0.25) is 9.59 Å². The standard InChI is InChI=1S/C59H92O30/c1-21-30(64)35(69)42(86-48-39(73)40(31(65)22(2)81-48)84-50-44(58(79,19-61)20-80-50)88-46-37(71)33(67)32(66)26(18-60)83-46)49(82-21)89-52(78)59-14-13-55(6)23(24(59)15-53(3,4)17-29(59)63)9-10-27-54(5)16-25(62)43(57(8,51(76)77)28(54)11-12-56(27,55)7)87-47-38(72)34(68)36(70)41(85-47)45(74)75/h9,21-22,24-44,46-50,60-73,79H,10-20H2,1-8H3,(H,74,75)(H,76,77)/t21-,22+,24?,25?,26-,27?,28?,29?,30-,31+,32-,33+,34+,35+,36+,37-,38-,39-,40?,41+,42-,43?,44+,46+,47+,48+,49+,50+,54?,55?,56?,57?,58-,59?/m1/s1. The molecule has 0 aromatic carbocycles. The van der Waals surface area contributed by atoms with E-state index in [0.29, 0.717) is 19.3 Å². The Hall–Kier alpha value is -2.81. The molecule has 4 saturated carbocycles. The fraction of sp³-hybridized carbons (Fsp3) is 0.915. The highest BCUT2D eigenvalue weighted by Crippen LogP contribution is 2.76. The second-order valence-corrected chi connectivity index (χ2v) is 28.8. The van der Waals surface area contributed by atoms with E-state index in [1.165, 1.54) is 20.8 Å². The van der Waals surface area contributed by atoms with Crippen molar-refractivity contribution in [2.45, 2.75) is 266 Å². The highest BCUT2D eigenvalue weighted by molar-refractivity contribution is 5.80. The van der Waals surface area contributed by atoms with Crippen molar-refractivity contribution in [1.29, 1.82) is 0 Å². The summed E-state index contributed by atoms with van der Waals surface area (Å²) in [7, 11) is 0. The van der Waals surface area contributed by atoms with Crippen LogP contribution in [0.5, 0.6) is 0 Å². The minimum atomic E-state index is -2.31. The lowest BCUT2D eigenvalue weighted by Crippen LogP contribution is -2.71. The number of rotatable bonds is 14. The van der Waals surface area contributed by atoms with Gasteiger partial charge in [-0.15, -0.1) is 0 Å². The molecule has 34 atom stereocenters. The van der Waals surface area contributed by atoms with Gasteiger partial charge >= 0.3 is 17.9 Å². The van der Waals surface area contributed by atoms with Crippen LogP contribution in [0.1, 0.15) is 107 Å². The summed E-state index contributed by atoms with van der Waals surface area (Å²) in [6.07, 6.45) is -40.6. The van der Waals surface area contributed by atoms with E-state index in [0.717, 1.165) is 5.57 Å². The summed E-state index contributed by atoms with van der Waals surface area (Å²) >= 11 is 0. The number of carbonyl (C=O) groups excluding carboxylic acids is 1. The van der Waals surface area contributed by atoms with E-state index < -0.39 is 241 Å². The highest BCUT2D eigenvalue weighted by Gasteiger charge is 2.74. The Kier molecular flexibility index (Phi) is 19.0. The van der Waals surface area contributed by atoms with Crippen LogP contribution in [0.25, 0.3) is 0 Å². The molecule has 9 fully saturated rings. The molecule has 0 bridgehead atoms. The number of fused-ring (bicyclic) bond motifs is 7. The van der Waals surface area contributed by atoms with Gasteiger partial charge in [-0.05, 0) is 112 Å². The van der Waals surface area contributed by atoms with Crippen molar-refractivity contribution in [2.24, 2.45) is 50.2 Å². The maximum Gasteiger partial charge on any atom is 0.335 e. The normalized spacial score (nSPS) is 54.8. The minimum Gasteiger partial charge on any atom is -0.481 e. The molecule has 5 aliphatic carbocycles. The first kappa shape index (κ1) is 69.0. The van der Waals surface area contributed by atoms with Crippen molar-refractivity contribution in [1.82, 2.24) is 0 Å². The minimum absolute atomic E-state index is 0.0138. The molecule has 30 heteroatoms. The van der Waals surface area contributed by atoms with Crippen molar-refractivity contribution in [3.05, 3.63) is 11.6 Å². The van der Waals surface area contributed by atoms with E-state index in [2.05, 4.69) is 19.9 Å². The second-order valence-electron chi connectivity index (χ2n) is 28.8. The number of aliphatic carboxylic acids is 2. The van der Waals surface area contributed by atoms with E-state index in [9.17, 15) is 96.4 Å². The van der Waals surface area contributed by atoms with E-state index in [-0.39, 0.29) is 38.0 Å². The average Bonchev–Trinajstić information content (AvgIpc) is 1.06. The molecule has 0 aromatic heterocycles. The number of ether oxygens (including phenoxy) is 10. The molecule has 12 unspecified atom stereocenters. The Morgan fingerprint density at radius 3 is 1.82 bits per heavy atom. The summed E-state index contributed by atoms with van der Waals surface area (Å²) in [5.41, 5.74) is -7.91. The number of esters is 1. The smallest absolute Gasteiger partial charge is 0.335 e. The first-order valence-electron chi connectivity index (χ1n) is 30.8. The summed E-state index contributed by atoms with van der Waals surface area (Å²) in [5.74, 6) is -5.67. The molecule has 17 N–H and O–H groups in total. The van der Waals surface area contributed by atoms with Crippen molar-refractivity contribution in [3.8, 4) is 0 Å². The molecular weight excluding hydrogens is 1190 g/mol. The summed E-state index contributed by atoms with van der Waals surface area (Å²) in [5, 5.41) is 187. The lowest BCUT2D eigenvalue weighted by atomic mass is 9.33. The summed E-state index contributed by atoms with van der Waals surface area (Å²) in [6, 6.07) is 0. The fourth-order valence-corrected chi connectivity index (χ4v) is 17.9. The monoisotopic (exact) mass is 1280 g/mol. The average molecular weight is 1280 g/mol. The van der Waals surface area contributed by atoms with Crippen LogP contribution in [-0.4, -0.2) is 284 Å². The zero-order valence-corrected chi connectivity index (χ0v) is 50.9. The molecular formula is C59H92O30. The maximum absolute atomic E-state index is 15.6. The lowest BCUT2D eigenvalue weighted by molar-refractivity contribution is -0.373. The molecule has 508 valence electrons. The number of allylic oxidation sites excluding steroid dienone is 2. The number of hydrogen-bond donors (Lipinski definition) is 17. The Balaban J connectivity index is 0.905. The third kappa shape index (κ3) is 10.9. The molecule has 0 amide bonds. The molecule has 0 radical (unpaired) electrons. The van der Waals surface area contributed by atoms with Gasteiger partial charge in [0, 0.05) is 0 Å². The van der Waals surface area contributed by atoms with Gasteiger partial charge in [0.15, 0.2) is 37.4 Å². The molecule has 0 aromatic rings. The molecule has 10 rings (SSSR count). The van der Waals surface area contributed by atoms with Crippen molar-refractivity contribution in [2.75, 3.05) is 19.8 Å². The van der Waals surface area contributed by atoms with Crippen LogP contribution in [0, 0.1) is 50.2 Å². The summed E-state index contributed by atoms with van der Waals surface area (Å²) in [6.45, 7) is 11.8. The van der Waals surface area contributed by atoms with E-state index in [4.69, 9.17) is 47.4 Å². The Morgan fingerprint density at radius 1 is 0.596 bits per heavy atom. The number of carboxylic acids is 2. The van der Waals surface area contributed by atoms with Crippen LogP contribution >= 0.6 is 0 Å². The van der Waals surface area contributed by atoms with Crippen LogP contribution < -0.4 is 0 Å². The van der Waals surface area contributed by atoms with Gasteiger partial charge in [-0.1, -0.05) is 46.3 Å². The Morgan fingerprint density at radius 2 is 1.19 bits per heavy atom. The molecule has 89 heavy (non-hydrogen) atoms. The number of aliphatic hydroxyl groups excluding tert-OH is 14. The number of aliphatic hydroxyl groups is 15. The lowest BCUT2D eigenvalue weighted by Gasteiger charge is -2.71. The van der Waals surface area contributed by atoms with Gasteiger partial charge in [0.25, 0.3) is 0 Å². The topological polar surface area (TPSA) is 487 Å². The number of carboxylic acid groups (broad SMARTS) is 2. The number of hydrogen-bond acceptors (Lipinski definition) is 28. The predicted molar refractivity (Wildman–Crippen MR) is 292 cm³/mol. The van der Waals surface area contributed by atoms with Crippen LogP contribution in [0.3, 0.4) is 0 Å². The van der Waals surface area contributed by atoms with Crippen LogP contribution in [0.15, 0.2) is 11.6 Å². The zero-order valence-electron chi connectivity index (χ0n) is 50.9. The largest absolute Gasteiger partial charge is 0.481 e. The third-order valence-corrected chi connectivity index (χ3v) is 23.2. The molecule has 10 aliphatic rings. The summed E-state index contributed by atoms with van der Waals surface area (Å²) in [4.78, 5) is 41.4. The van der Waals surface area contributed by atoms with Gasteiger partial charge in [-0.2, -0.15) is 0 Å². The third-order valence-electron chi connectivity index (χ3n) is 23.2. The predicted octanol–water partition coefficient (Wildman–Crippen LogP) is -4.42. The van der Waals surface area contributed by atoms with E-state index in [1.54, 1.807) is 0 Å². The highest BCUT2D eigenvalue weighted by atomic mass is 16.8. The van der Waals surface area contributed by atoms with Gasteiger partial charge in [-0.25, -0.2) is 4.79 Å². The Labute approximate surface area is 512 Å². The summed E-state index contributed by atoms with van der Waals surface area (Å²) < 4.78 is 59.0. The molecule has 5 heterocycles. The zero-order chi connectivity index (χ0) is 65.5. The van der Waals surface area contributed by atoms with E-state index >= 15 is 4.79 Å². The van der Waals surface area contributed by atoms with Gasteiger partial charge in [0.2, 0.25) is 6.29 Å². The van der Waals surface area contributed by atoms with Gasteiger partial charge in [0.1, 0.15) is 96.5 Å². The first-order chi connectivity index (χ1) is 41.4. The maximum atomic E-state index is 15.6. The molecule has 5 aliphatic heterocycles. The van der Waals surface area contributed by atoms with E-state index in [1.807, 2.05) is 20.8 Å². The Bertz CT molecular complexity index is 2630. The van der Waals surface area contributed by atoms with Crippen molar-refractivity contribution >= 4 is 17.9 Å². The second kappa shape index (κ2) is 24.4. The number of carbonyl (C=O) groups is 3. The first-order valence-corrected chi connectivity index (χ1v) is 30.8. The molecule has 30 nitrogen and oxygen atoms in total. The van der Waals surface area contributed by atoms with Crippen LogP contribution in [0.4, 0.5) is 0 Å². The van der Waals surface area contributed by atoms with Crippen molar-refractivity contribution < 1.29 is 149 Å². The van der Waals surface area contributed by atoms with Crippen LogP contribution in [0.2, 0.25) is 0 Å².